The van der Waals surface area contributed by atoms with E-state index in [1.165, 1.54) is 0 Å². The van der Waals surface area contributed by atoms with E-state index in [0.717, 1.165) is 38.3 Å². The number of hydrogen-bond acceptors (Lipinski definition) is 5. The number of aliphatic hydroxyl groups excluding tert-OH is 1. The zero-order chi connectivity index (χ0) is 22.6. The summed E-state index contributed by atoms with van der Waals surface area (Å²) in [5.41, 5.74) is 1.97. The van der Waals surface area contributed by atoms with Gasteiger partial charge >= 0.3 is 0 Å². The van der Waals surface area contributed by atoms with Crippen LogP contribution in [0.25, 0.3) is 0 Å². The molecule has 0 bridgehead atoms. The molecule has 170 valence electrons. The number of Topliss-reactive ketones (excluding diaryl/α,β-unsaturated/α-hetero) is 1. The summed E-state index contributed by atoms with van der Waals surface area (Å²) in [6, 6.07) is 16.6. The van der Waals surface area contributed by atoms with E-state index in [-0.39, 0.29) is 11.9 Å². The van der Waals surface area contributed by atoms with Gasteiger partial charge in [0, 0.05) is 18.7 Å². The number of likely N-dealkylation sites (N-methyl/N-ethyl adjacent to an activating group) is 2. The van der Waals surface area contributed by atoms with Crippen molar-refractivity contribution in [2.75, 3.05) is 45.9 Å². The Morgan fingerprint density at radius 1 is 0.871 bits per heavy atom. The Balaban J connectivity index is 2.29. The third-order valence-corrected chi connectivity index (χ3v) is 5.88. The number of carbonyl (C=O) groups is 1. The number of nitrogens with zero attached hydrogens (tertiary/aromatic N) is 2. The van der Waals surface area contributed by atoms with E-state index in [1.54, 1.807) is 18.2 Å². The van der Waals surface area contributed by atoms with Gasteiger partial charge in [-0.2, -0.15) is 0 Å². The summed E-state index contributed by atoms with van der Waals surface area (Å²) in [5, 5.41) is 10.7. The van der Waals surface area contributed by atoms with Gasteiger partial charge in [0.15, 0.2) is 5.78 Å². The smallest absolute Gasteiger partial charge is 0.196 e. The van der Waals surface area contributed by atoms with Crippen LogP contribution in [-0.2, 0) is 4.74 Å². The lowest BCUT2D eigenvalue weighted by Gasteiger charge is -2.28. The molecular weight excluding hydrogens is 388 g/mol. The zero-order valence-corrected chi connectivity index (χ0v) is 19.5. The Morgan fingerprint density at radius 2 is 1.45 bits per heavy atom. The average Bonchev–Trinajstić information content (AvgIpc) is 2.83. The second-order valence-electron chi connectivity index (χ2n) is 7.64. The molecule has 0 aliphatic carbocycles. The van der Waals surface area contributed by atoms with Gasteiger partial charge in [0.25, 0.3) is 0 Å². The molecule has 31 heavy (non-hydrogen) atoms. The van der Waals surface area contributed by atoms with Gasteiger partial charge in [-0.15, -0.1) is 0 Å². The van der Waals surface area contributed by atoms with Crippen molar-refractivity contribution in [1.82, 2.24) is 9.80 Å². The minimum absolute atomic E-state index is 0.237. The van der Waals surface area contributed by atoms with Gasteiger partial charge in [-0.25, -0.2) is 0 Å². The van der Waals surface area contributed by atoms with Gasteiger partial charge in [0.05, 0.1) is 12.7 Å². The zero-order valence-electron chi connectivity index (χ0n) is 19.5. The van der Waals surface area contributed by atoms with Crippen molar-refractivity contribution in [2.45, 2.75) is 39.9 Å². The third kappa shape index (κ3) is 7.25. The lowest BCUT2D eigenvalue weighted by atomic mass is 9.93. The summed E-state index contributed by atoms with van der Waals surface area (Å²) in [6.07, 6.45) is -1.43. The largest absolute Gasteiger partial charge is 0.380 e. The molecule has 5 heteroatoms. The molecule has 2 atom stereocenters. The minimum atomic E-state index is -1.19. The maximum atomic E-state index is 13.2. The standard InChI is InChI=1S/C26H38N2O3/c1-5-27(6-2)18-19-31-24(20-28(7-3)8-4)22-16-12-13-17-23(22)26(30)25(29)21-14-10-9-11-15-21/h9-17,24-25,29H,5-8,18-20H2,1-4H3. The molecule has 0 spiro atoms. The van der Waals surface area contributed by atoms with Gasteiger partial charge in [0.2, 0.25) is 0 Å². The Bertz CT molecular complexity index is 773. The van der Waals surface area contributed by atoms with E-state index in [4.69, 9.17) is 4.74 Å². The van der Waals surface area contributed by atoms with Gasteiger partial charge in [-0.05, 0) is 37.3 Å². The highest BCUT2D eigenvalue weighted by molar-refractivity contribution is 6.01. The molecule has 2 rings (SSSR count). The SMILES string of the molecule is CCN(CC)CCOC(CN(CC)CC)c1ccccc1C(=O)C(O)c1ccccc1. The molecule has 0 saturated heterocycles. The summed E-state index contributed by atoms with van der Waals surface area (Å²) >= 11 is 0. The van der Waals surface area contributed by atoms with Crippen LogP contribution in [0.5, 0.6) is 0 Å². The van der Waals surface area contributed by atoms with Crippen molar-refractivity contribution in [3.63, 3.8) is 0 Å². The quantitative estimate of drug-likeness (QED) is 0.455. The van der Waals surface area contributed by atoms with Crippen LogP contribution < -0.4 is 0 Å². The normalized spacial score (nSPS) is 13.5. The molecule has 1 N–H and O–H groups in total. The molecule has 2 aromatic carbocycles. The van der Waals surface area contributed by atoms with Crippen molar-refractivity contribution in [3.05, 3.63) is 71.3 Å². The molecule has 0 radical (unpaired) electrons. The first-order valence-electron chi connectivity index (χ1n) is 11.5. The van der Waals surface area contributed by atoms with Crippen LogP contribution in [0.4, 0.5) is 0 Å². The highest BCUT2D eigenvalue weighted by Gasteiger charge is 2.26. The lowest BCUT2D eigenvalue weighted by Crippen LogP contribution is -2.33. The van der Waals surface area contributed by atoms with Gasteiger partial charge < -0.3 is 19.6 Å². The predicted molar refractivity (Wildman–Crippen MR) is 126 cm³/mol. The summed E-state index contributed by atoms with van der Waals surface area (Å²) in [7, 11) is 0. The lowest BCUT2D eigenvalue weighted by molar-refractivity contribution is 0.0155. The highest BCUT2D eigenvalue weighted by Crippen LogP contribution is 2.27. The number of hydrogen-bond donors (Lipinski definition) is 1. The Morgan fingerprint density at radius 3 is 2.06 bits per heavy atom. The first kappa shape index (κ1) is 25.2. The third-order valence-electron chi connectivity index (χ3n) is 5.88. The molecular formula is C26H38N2O3. The molecule has 2 aromatic rings. The maximum Gasteiger partial charge on any atom is 0.196 e. The van der Waals surface area contributed by atoms with Crippen LogP contribution in [0.1, 0.15) is 61.4 Å². The van der Waals surface area contributed by atoms with Crippen LogP contribution in [0.2, 0.25) is 0 Å². The molecule has 0 heterocycles. The molecule has 2 unspecified atom stereocenters. The summed E-state index contributed by atoms with van der Waals surface area (Å²) in [6.45, 7) is 14.5. The van der Waals surface area contributed by atoms with Crippen molar-refractivity contribution >= 4 is 5.78 Å². The first-order chi connectivity index (χ1) is 15.0. The molecule has 0 aliphatic heterocycles. The van der Waals surface area contributed by atoms with Crippen LogP contribution in [0.3, 0.4) is 0 Å². The number of benzene rings is 2. The topological polar surface area (TPSA) is 53.0 Å². The van der Waals surface area contributed by atoms with Crippen molar-refractivity contribution < 1.29 is 14.6 Å². The van der Waals surface area contributed by atoms with E-state index in [1.807, 2.05) is 36.4 Å². The predicted octanol–water partition coefficient (Wildman–Crippen LogP) is 4.34. The van der Waals surface area contributed by atoms with Gasteiger partial charge in [-0.3, -0.25) is 4.79 Å². The van der Waals surface area contributed by atoms with E-state index in [9.17, 15) is 9.90 Å². The Hall–Kier alpha value is -2.05. The van der Waals surface area contributed by atoms with Crippen molar-refractivity contribution in [3.8, 4) is 0 Å². The van der Waals surface area contributed by atoms with Crippen LogP contribution in [0.15, 0.2) is 54.6 Å². The Labute approximate surface area is 187 Å². The van der Waals surface area contributed by atoms with E-state index in [0.29, 0.717) is 24.3 Å². The van der Waals surface area contributed by atoms with Crippen LogP contribution in [0, 0.1) is 0 Å². The van der Waals surface area contributed by atoms with Crippen molar-refractivity contribution in [2.24, 2.45) is 0 Å². The molecule has 0 aromatic heterocycles. The summed E-state index contributed by atoms with van der Waals surface area (Å²) in [4.78, 5) is 17.9. The van der Waals surface area contributed by atoms with Crippen LogP contribution in [-0.4, -0.2) is 66.6 Å². The van der Waals surface area contributed by atoms with E-state index >= 15 is 0 Å². The number of ketones is 1. The highest BCUT2D eigenvalue weighted by atomic mass is 16.5. The first-order valence-corrected chi connectivity index (χ1v) is 11.5. The second-order valence-corrected chi connectivity index (χ2v) is 7.64. The fourth-order valence-electron chi connectivity index (χ4n) is 3.76. The molecule has 0 fully saturated rings. The van der Waals surface area contributed by atoms with Gasteiger partial charge in [0.1, 0.15) is 6.10 Å². The monoisotopic (exact) mass is 426 g/mol. The fraction of sp³-hybridized carbons (Fsp3) is 0.500. The van der Waals surface area contributed by atoms with Crippen LogP contribution >= 0.6 is 0 Å². The van der Waals surface area contributed by atoms with Crippen molar-refractivity contribution in [1.29, 1.82) is 0 Å². The van der Waals surface area contributed by atoms with E-state index in [2.05, 4.69) is 37.5 Å². The van der Waals surface area contributed by atoms with Gasteiger partial charge in [-0.1, -0.05) is 82.3 Å². The van der Waals surface area contributed by atoms with E-state index < -0.39 is 6.10 Å². The number of aliphatic hydroxyl groups is 1. The Kier molecular flexibility index (Phi) is 10.9. The summed E-state index contributed by atoms with van der Waals surface area (Å²) < 4.78 is 6.36. The fourth-order valence-corrected chi connectivity index (χ4v) is 3.76. The second kappa shape index (κ2) is 13.4. The maximum absolute atomic E-state index is 13.2. The number of ether oxygens (including phenoxy) is 1. The molecule has 0 aliphatic rings. The minimum Gasteiger partial charge on any atom is -0.380 e. The number of rotatable bonds is 14. The number of carbonyl (C=O) groups excluding carboxylic acids is 1. The summed E-state index contributed by atoms with van der Waals surface area (Å²) in [5.74, 6) is -0.293. The molecule has 0 saturated carbocycles. The molecule has 0 amide bonds. The average molecular weight is 427 g/mol. The molecule has 5 nitrogen and oxygen atoms in total.